The smallest absolute Gasteiger partial charge is 0.266 e. The highest BCUT2D eigenvalue weighted by atomic mass is 32.2. The SMILES string of the molecule is CCc1ccc(OCCSc2nc(-c3ccc(F)cc3)nc3cc(=O)[nH]n23)cc1. The minimum atomic E-state index is -0.327. The number of rotatable bonds is 7. The van der Waals surface area contributed by atoms with Gasteiger partial charge in [-0.2, -0.15) is 0 Å². The van der Waals surface area contributed by atoms with E-state index in [1.54, 1.807) is 16.6 Å². The van der Waals surface area contributed by atoms with Crippen molar-refractivity contribution >= 4 is 17.4 Å². The quantitative estimate of drug-likeness (QED) is 0.369. The third kappa shape index (κ3) is 4.48. The molecule has 0 spiro atoms. The van der Waals surface area contributed by atoms with Crippen LogP contribution in [0.2, 0.25) is 0 Å². The van der Waals surface area contributed by atoms with E-state index in [2.05, 4.69) is 34.1 Å². The first kappa shape index (κ1) is 19.2. The van der Waals surface area contributed by atoms with Crippen LogP contribution in [0.1, 0.15) is 12.5 Å². The Hall–Kier alpha value is -3.13. The van der Waals surface area contributed by atoms with E-state index in [0.29, 0.717) is 34.6 Å². The molecule has 0 aliphatic heterocycles. The summed E-state index contributed by atoms with van der Waals surface area (Å²) in [6, 6.07) is 15.4. The van der Waals surface area contributed by atoms with Gasteiger partial charge in [0.25, 0.3) is 5.56 Å². The number of H-pyrrole nitrogens is 1. The number of hydrogen-bond acceptors (Lipinski definition) is 5. The summed E-state index contributed by atoms with van der Waals surface area (Å²) in [6.45, 7) is 2.60. The van der Waals surface area contributed by atoms with Crippen LogP contribution in [0.25, 0.3) is 17.0 Å². The second-order valence-corrected chi connectivity index (χ2v) is 7.41. The van der Waals surface area contributed by atoms with Crippen LogP contribution in [0.5, 0.6) is 5.75 Å². The van der Waals surface area contributed by atoms with Crippen LogP contribution in [-0.2, 0) is 6.42 Å². The fourth-order valence-electron chi connectivity index (χ4n) is 2.82. The highest BCUT2D eigenvalue weighted by Crippen LogP contribution is 2.22. The molecule has 2 heterocycles. The van der Waals surface area contributed by atoms with E-state index in [0.717, 1.165) is 12.2 Å². The topological polar surface area (TPSA) is 72.3 Å². The van der Waals surface area contributed by atoms with Crippen molar-refractivity contribution < 1.29 is 9.13 Å². The van der Waals surface area contributed by atoms with Gasteiger partial charge in [-0.3, -0.25) is 9.89 Å². The van der Waals surface area contributed by atoms with E-state index in [9.17, 15) is 9.18 Å². The van der Waals surface area contributed by atoms with Crippen molar-refractivity contribution in [3.8, 4) is 17.1 Å². The molecule has 2 aromatic heterocycles. The maximum Gasteiger partial charge on any atom is 0.266 e. The molecular formula is C21H19FN4O2S. The van der Waals surface area contributed by atoms with Crippen molar-refractivity contribution in [3.05, 3.63) is 76.3 Å². The maximum atomic E-state index is 13.2. The van der Waals surface area contributed by atoms with E-state index in [-0.39, 0.29) is 11.4 Å². The Kier molecular flexibility index (Phi) is 5.62. The number of ether oxygens (including phenoxy) is 1. The fraction of sp³-hybridized carbons (Fsp3) is 0.190. The molecule has 0 radical (unpaired) electrons. The standard InChI is InChI=1S/C21H19FN4O2S/c1-2-14-3-9-17(10-4-14)28-11-12-29-21-24-20(15-5-7-16(22)8-6-15)23-18-13-19(27)25-26(18)21/h3-10,13H,2,11-12H2,1H3,(H,25,27). The molecule has 0 saturated carbocycles. The molecule has 0 atom stereocenters. The van der Waals surface area contributed by atoms with Gasteiger partial charge in [-0.05, 0) is 48.4 Å². The number of aromatic amines is 1. The lowest BCUT2D eigenvalue weighted by atomic mass is 10.2. The molecule has 29 heavy (non-hydrogen) atoms. The third-order valence-corrected chi connectivity index (χ3v) is 5.24. The number of benzene rings is 2. The predicted octanol–water partition coefficient (Wildman–Crippen LogP) is 3.96. The second kappa shape index (κ2) is 8.48. The molecule has 0 saturated heterocycles. The molecule has 4 rings (SSSR count). The Morgan fingerprint density at radius 1 is 1.10 bits per heavy atom. The van der Waals surface area contributed by atoms with Crippen LogP contribution in [0.4, 0.5) is 4.39 Å². The van der Waals surface area contributed by atoms with E-state index in [1.165, 1.54) is 35.5 Å². The zero-order valence-electron chi connectivity index (χ0n) is 15.8. The molecule has 2 aromatic carbocycles. The zero-order chi connectivity index (χ0) is 20.2. The molecule has 0 aliphatic carbocycles. The fourth-order valence-corrected chi connectivity index (χ4v) is 3.59. The van der Waals surface area contributed by atoms with Crippen molar-refractivity contribution in [2.45, 2.75) is 18.5 Å². The number of thioether (sulfide) groups is 1. The van der Waals surface area contributed by atoms with Crippen LogP contribution >= 0.6 is 11.8 Å². The second-order valence-electron chi connectivity index (χ2n) is 6.35. The first-order valence-corrected chi connectivity index (χ1v) is 10.2. The number of aromatic nitrogens is 4. The summed E-state index contributed by atoms with van der Waals surface area (Å²) in [4.78, 5) is 20.7. The molecular weight excluding hydrogens is 391 g/mol. The summed E-state index contributed by atoms with van der Waals surface area (Å²) in [5.74, 6) is 1.55. The third-order valence-electron chi connectivity index (χ3n) is 4.34. The summed E-state index contributed by atoms with van der Waals surface area (Å²) in [5, 5.41) is 3.29. The average Bonchev–Trinajstić information content (AvgIpc) is 3.12. The maximum absolute atomic E-state index is 13.2. The number of fused-ring (bicyclic) bond motifs is 1. The predicted molar refractivity (Wildman–Crippen MR) is 111 cm³/mol. The van der Waals surface area contributed by atoms with E-state index >= 15 is 0 Å². The molecule has 0 fully saturated rings. The number of aryl methyl sites for hydroxylation is 1. The summed E-state index contributed by atoms with van der Waals surface area (Å²) in [6.07, 6.45) is 0.991. The lowest BCUT2D eigenvalue weighted by Gasteiger charge is -2.09. The van der Waals surface area contributed by atoms with Crippen molar-refractivity contribution in [2.24, 2.45) is 0 Å². The van der Waals surface area contributed by atoms with Crippen LogP contribution < -0.4 is 10.3 Å². The van der Waals surface area contributed by atoms with Crippen LogP contribution in [0.15, 0.2) is 64.5 Å². The molecule has 0 bridgehead atoms. The van der Waals surface area contributed by atoms with Crippen molar-refractivity contribution in [3.63, 3.8) is 0 Å². The average molecular weight is 410 g/mol. The van der Waals surface area contributed by atoms with Crippen LogP contribution in [0, 0.1) is 5.82 Å². The van der Waals surface area contributed by atoms with Crippen molar-refractivity contribution in [1.29, 1.82) is 0 Å². The number of halogens is 1. The summed E-state index contributed by atoms with van der Waals surface area (Å²) >= 11 is 1.44. The molecule has 0 amide bonds. The van der Waals surface area contributed by atoms with Gasteiger partial charge in [0, 0.05) is 17.4 Å². The molecule has 0 aliphatic rings. The molecule has 4 aromatic rings. The van der Waals surface area contributed by atoms with Gasteiger partial charge < -0.3 is 4.74 Å². The Labute approximate surface area is 170 Å². The van der Waals surface area contributed by atoms with Gasteiger partial charge in [0.15, 0.2) is 16.6 Å². The highest BCUT2D eigenvalue weighted by Gasteiger charge is 2.11. The lowest BCUT2D eigenvalue weighted by molar-refractivity contribution is 0.343. The van der Waals surface area contributed by atoms with Crippen molar-refractivity contribution in [2.75, 3.05) is 12.4 Å². The minimum Gasteiger partial charge on any atom is -0.493 e. The molecule has 1 N–H and O–H groups in total. The first-order valence-electron chi connectivity index (χ1n) is 9.22. The summed E-state index contributed by atoms with van der Waals surface area (Å²) < 4.78 is 20.6. The first-order chi connectivity index (χ1) is 14.1. The number of hydrogen-bond donors (Lipinski definition) is 1. The Morgan fingerprint density at radius 2 is 1.86 bits per heavy atom. The van der Waals surface area contributed by atoms with Gasteiger partial charge in [-0.25, -0.2) is 18.9 Å². The van der Waals surface area contributed by atoms with Gasteiger partial charge in [0.2, 0.25) is 0 Å². The van der Waals surface area contributed by atoms with Crippen LogP contribution in [0.3, 0.4) is 0 Å². The Bertz CT molecular complexity index is 1170. The monoisotopic (exact) mass is 410 g/mol. The molecule has 6 nitrogen and oxygen atoms in total. The van der Waals surface area contributed by atoms with Gasteiger partial charge in [0.1, 0.15) is 11.6 Å². The van der Waals surface area contributed by atoms with Gasteiger partial charge in [0.05, 0.1) is 6.61 Å². The zero-order valence-corrected chi connectivity index (χ0v) is 16.6. The highest BCUT2D eigenvalue weighted by molar-refractivity contribution is 7.99. The normalized spacial score (nSPS) is 11.1. The van der Waals surface area contributed by atoms with Gasteiger partial charge in [-0.15, -0.1) is 0 Å². The Morgan fingerprint density at radius 3 is 2.59 bits per heavy atom. The minimum absolute atomic E-state index is 0.260. The molecule has 0 unspecified atom stereocenters. The number of nitrogens with zero attached hydrogens (tertiary/aromatic N) is 3. The van der Waals surface area contributed by atoms with E-state index in [1.807, 2.05) is 12.1 Å². The van der Waals surface area contributed by atoms with E-state index in [4.69, 9.17) is 4.74 Å². The summed E-state index contributed by atoms with van der Waals surface area (Å²) in [5.41, 5.74) is 2.14. The lowest BCUT2D eigenvalue weighted by Crippen LogP contribution is -2.06. The summed E-state index contributed by atoms with van der Waals surface area (Å²) in [7, 11) is 0. The van der Waals surface area contributed by atoms with Gasteiger partial charge in [-0.1, -0.05) is 30.8 Å². The van der Waals surface area contributed by atoms with Crippen molar-refractivity contribution in [1.82, 2.24) is 19.6 Å². The molecule has 148 valence electrons. The Balaban J connectivity index is 1.51. The molecule has 8 heteroatoms. The number of nitrogens with one attached hydrogen (secondary N) is 1. The largest absolute Gasteiger partial charge is 0.493 e. The van der Waals surface area contributed by atoms with Crippen LogP contribution in [-0.4, -0.2) is 31.9 Å². The van der Waals surface area contributed by atoms with Gasteiger partial charge >= 0.3 is 0 Å². The van der Waals surface area contributed by atoms with E-state index < -0.39 is 0 Å².